The van der Waals surface area contributed by atoms with Crippen molar-refractivity contribution >= 4 is 23.2 Å². The zero-order valence-electron chi connectivity index (χ0n) is 17.8. The van der Waals surface area contributed by atoms with Crippen LogP contribution in [0.15, 0.2) is 66.7 Å². The quantitative estimate of drug-likeness (QED) is 0.630. The van der Waals surface area contributed by atoms with Crippen LogP contribution in [0.4, 0.5) is 11.4 Å². The molecule has 2 amide bonds. The first-order valence-electron chi connectivity index (χ1n) is 9.88. The predicted molar refractivity (Wildman–Crippen MR) is 121 cm³/mol. The molecule has 0 aliphatic carbocycles. The lowest BCUT2D eigenvalue weighted by Gasteiger charge is -2.15. The van der Waals surface area contributed by atoms with E-state index >= 15 is 0 Å². The van der Waals surface area contributed by atoms with E-state index in [2.05, 4.69) is 30.5 Å². The number of aryl methyl sites for hydroxylation is 1. The summed E-state index contributed by atoms with van der Waals surface area (Å²) in [7, 11) is 3.44. The van der Waals surface area contributed by atoms with Gasteiger partial charge in [0.05, 0.1) is 11.3 Å². The van der Waals surface area contributed by atoms with Gasteiger partial charge in [-0.3, -0.25) is 9.59 Å². The van der Waals surface area contributed by atoms with Gasteiger partial charge in [0.1, 0.15) is 0 Å². The van der Waals surface area contributed by atoms with Crippen LogP contribution < -0.4 is 10.6 Å². The summed E-state index contributed by atoms with van der Waals surface area (Å²) in [5.41, 5.74) is 6.22. The molecule has 0 bridgehead atoms. The smallest absolute Gasteiger partial charge is 0.253 e. The number of carbonyl (C=O) groups excluding carboxylic acids is 2. The third-order valence-electron chi connectivity index (χ3n) is 5.11. The topological polar surface area (TPSA) is 61.4 Å². The average molecular weight is 402 g/mol. The molecule has 0 atom stereocenters. The van der Waals surface area contributed by atoms with E-state index in [4.69, 9.17) is 0 Å². The zero-order chi connectivity index (χ0) is 21.7. The van der Waals surface area contributed by atoms with Crippen LogP contribution >= 0.6 is 0 Å². The maximum absolute atomic E-state index is 12.8. The molecule has 3 rings (SSSR count). The zero-order valence-corrected chi connectivity index (χ0v) is 17.8. The number of hydrogen-bond acceptors (Lipinski definition) is 3. The highest BCUT2D eigenvalue weighted by Crippen LogP contribution is 2.25. The molecule has 0 saturated carbocycles. The van der Waals surface area contributed by atoms with Gasteiger partial charge in [-0.25, -0.2) is 0 Å². The lowest BCUT2D eigenvalue weighted by Crippen LogP contribution is -2.24. The number of rotatable bonds is 6. The number of benzene rings is 3. The summed E-state index contributed by atoms with van der Waals surface area (Å²) in [6.45, 7) is 4.51. The first-order chi connectivity index (χ1) is 14.4. The summed E-state index contributed by atoms with van der Waals surface area (Å²) in [6.07, 6.45) is 0. The van der Waals surface area contributed by atoms with Crippen molar-refractivity contribution in [1.29, 1.82) is 0 Å². The van der Waals surface area contributed by atoms with Crippen molar-refractivity contribution in [1.82, 2.24) is 10.2 Å². The Morgan fingerprint density at radius 2 is 1.50 bits per heavy atom. The van der Waals surface area contributed by atoms with E-state index in [1.807, 2.05) is 48.5 Å². The van der Waals surface area contributed by atoms with Crippen LogP contribution in [0.25, 0.3) is 0 Å². The van der Waals surface area contributed by atoms with Gasteiger partial charge in [-0.1, -0.05) is 36.4 Å². The van der Waals surface area contributed by atoms with Crippen molar-refractivity contribution in [2.24, 2.45) is 0 Å². The molecule has 3 aromatic carbocycles. The number of amides is 2. The van der Waals surface area contributed by atoms with Gasteiger partial charge in [0, 0.05) is 31.9 Å². The second-order valence-electron chi connectivity index (χ2n) is 7.50. The molecule has 0 aliphatic rings. The molecule has 154 valence electrons. The first kappa shape index (κ1) is 21.1. The van der Waals surface area contributed by atoms with E-state index in [0.717, 1.165) is 22.5 Å². The molecule has 5 nitrogen and oxygen atoms in total. The van der Waals surface area contributed by atoms with Crippen LogP contribution in [-0.2, 0) is 6.54 Å². The second kappa shape index (κ2) is 9.27. The molecule has 0 aliphatic heterocycles. The summed E-state index contributed by atoms with van der Waals surface area (Å²) < 4.78 is 0. The highest BCUT2D eigenvalue weighted by Gasteiger charge is 2.13. The van der Waals surface area contributed by atoms with E-state index in [1.54, 1.807) is 26.2 Å². The second-order valence-corrected chi connectivity index (χ2v) is 7.50. The van der Waals surface area contributed by atoms with Crippen molar-refractivity contribution in [2.45, 2.75) is 20.4 Å². The van der Waals surface area contributed by atoms with Crippen molar-refractivity contribution in [3.8, 4) is 0 Å². The summed E-state index contributed by atoms with van der Waals surface area (Å²) >= 11 is 0. The first-order valence-corrected chi connectivity index (χ1v) is 9.88. The average Bonchev–Trinajstić information content (AvgIpc) is 2.75. The van der Waals surface area contributed by atoms with Gasteiger partial charge >= 0.3 is 0 Å². The molecule has 0 heterocycles. The van der Waals surface area contributed by atoms with Gasteiger partial charge in [0.2, 0.25) is 0 Å². The third-order valence-corrected chi connectivity index (χ3v) is 5.11. The highest BCUT2D eigenvalue weighted by atomic mass is 16.2. The van der Waals surface area contributed by atoms with E-state index in [9.17, 15) is 9.59 Å². The number of hydrogen-bond donors (Lipinski definition) is 2. The van der Waals surface area contributed by atoms with Crippen LogP contribution in [-0.4, -0.2) is 30.8 Å². The Bertz CT molecular complexity index is 1060. The summed E-state index contributed by atoms with van der Waals surface area (Å²) in [5, 5.41) is 6.35. The third kappa shape index (κ3) is 4.87. The van der Waals surface area contributed by atoms with Gasteiger partial charge in [-0.05, 0) is 60.9 Å². The number of nitrogens with zero attached hydrogens (tertiary/aromatic N) is 1. The minimum absolute atomic E-state index is 0.0444. The standard InChI is InChI=1S/C25H27N3O2/c1-17-8-7-11-22(18(17)2)27-23-10-6-5-9-21(23)24(29)26-16-19-12-14-20(15-13-19)25(30)28(3)4/h5-15,27H,16H2,1-4H3,(H,26,29). The van der Waals surface area contributed by atoms with Gasteiger partial charge in [-0.2, -0.15) is 0 Å². The van der Waals surface area contributed by atoms with Crippen molar-refractivity contribution in [3.63, 3.8) is 0 Å². The summed E-state index contributed by atoms with van der Waals surface area (Å²) in [5.74, 6) is -0.200. The molecule has 0 aromatic heterocycles. The van der Waals surface area contributed by atoms with E-state index < -0.39 is 0 Å². The number of anilines is 2. The van der Waals surface area contributed by atoms with Gasteiger partial charge in [0.25, 0.3) is 11.8 Å². The normalized spacial score (nSPS) is 10.4. The number of carbonyl (C=O) groups is 2. The minimum atomic E-state index is -0.156. The Morgan fingerprint density at radius 1 is 0.833 bits per heavy atom. The number of nitrogens with one attached hydrogen (secondary N) is 2. The highest BCUT2D eigenvalue weighted by molar-refractivity contribution is 6.00. The molecule has 0 spiro atoms. The molecule has 0 saturated heterocycles. The fourth-order valence-corrected chi connectivity index (χ4v) is 3.12. The molecule has 0 unspecified atom stereocenters. The Labute approximate surface area is 177 Å². The fraction of sp³-hybridized carbons (Fsp3) is 0.200. The predicted octanol–water partition coefficient (Wildman–Crippen LogP) is 4.68. The molecule has 5 heteroatoms. The van der Waals surface area contributed by atoms with Crippen LogP contribution in [0.1, 0.15) is 37.4 Å². The molecular formula is C25H27N3O2. The van der Waals surface area contributed by atoms with Crippen LogP contribution in [0.2, 0.25) is 0 Å². The SMILES string of the molecule is Cc1cccc(Nc2ccccc2C(=O)NCc2ccc(C(=O)N(C)C)cc2)c1C. The summed E-state index contributed by atoms with van der Waals surface area (Å²) in [4.78, 5) is 26.4. The molecule has 0 radical (unpaired) electrons. The van der Waals surface area contributed by atoms with Gasteiger partial charge < -0.3 is 15.5 Å². The van der Waals surface area contributed by atoms with E-state index in [-0.39, 0.29) is 11.8 Å². The van der Waals surface area contributed by atoms with Crippen LogP contribution in [0.5, 0.6) is 0 Å². The Kier molecular flexibility index (Phi) is 6.52. The van der Waals surface area contributed by atoms with Crippen molar-refractivity contribution < 1.29 is 9.59 Å². The van der Waals surface area contributed by atoms with Gasteiger partial charge in [-0.15, -0.1) is 0 Å². The maximum Gasteiger partial charge on any atom is 0.253 e. The van der Waals surface area contributed by atoms with E-state index in [0.29, 0.717) is 17.7 Å². The van der Waals surface area contributed by atoms with Gasteiger partial charge in [0.15, 0.2) is 0 Å². The largest absolute Gasteiger partial charge is 0.355 e. The fourth-order valence-electron chi connectivity index (χ4n) is 3.12. The molecule has 30 heavy (non-hydrogen) atoms. The maximum atomic E-state index is 12.8. The van der Waals surface area contributed by atoms with Crippen LogP contribution in [0, 0.1) is 13.8 Å². The minimum Gasteiger partial charge on any atom is -0.355 e. The Hall–Kier alpha value is -3.60. The molecule has 3 aromatic rings. The molecule has 0 fully saturated rings. The van der Waals surface area contributed by atoms with Crippen molar-refractivity contribution in [3.05, 3.63) is 94.5 Å². The molecule has 2 N–H and O–H groups in total. The van der Waals surface area contributed by atoms with Crippen LogP contribution in [0.3, 0.4) is 0 Å². The summed E-state index contributed by atoms with van der Waals surface area (Å²) in [6, 6.07) is 20.8. The lowest BCUT2D eigenvalue weighted by atomic mass is 10.1. The Balaban J connectivity index is 1.70. The molecular weight excluding hydrogens is 374 g/mol. The van der Waals surface area contributed by atoms with Crippen molar-refractivity contribution in [2.75, 3.05) is 19.4 Å². The van der Waals surface area contributed by atoms with E-state index in [1.165, 1.54) is 10.5 Å². The monoisotopic (exact) mass is 401 g/mol. The lowest BCUT2D eigenvalue weighted by molar-refractivity contribution is 0.0827. The Morgan fingerprint density at radius 3 is 2.20 bits per heavy atom. The number of para-hydroxylation sites is 1.